The lowest BCUT2D eigenvalue weighted by Crippen LogP contribution is -2.34. The monoisotopic (exact) mass is 209 g/mol. The Morgan fingerprint density at radius 1 is 1.57 bits per heavy atom. The quantitative estimate of drug-likeness (QED) is 0.546. The van der Waals surface area contributed by atoms with Gasteiger partial charge < -0.3 is 5.32 Å². The Morgan fingerprint density at radius 3 is 2.93 bits per heavy atom. The summed E-state index contributed by atoms with van der Waals surface area (Å²) in [4.78, 5) is 22.6. The van der Waals surface area contributed by atoms with Gasteiger partial charge in [-0.15, -0.1) is 11.3 Å². The van der Waals surface area contributed by atoms with Gasteiger partial charge in [-0.2, -0.15) is 5.26 Å². The number of nitrogens with zero attached hydrogens (tertiary/aromatic N) is 1. The Kier molecular flexibility index (Phi) is 3.64. The molecule has 0 radical (unpaired) electrons. The first kappa shape index (κ1) is 10.2. The van der Waals surface area contributed by atoms with Gasteiger partial charge in [-0.25, -0.2) is 0 Å². The summed E-state index contributed by atoms with van der Waals surface area (Å²) >= 11 is 1.29. The number of rotatable bonds is 3. The van der Waals surface area contributed by atoms with Gasteiger partial charge in [0.1, 0.15) is 0 Å². The molecule has 0 bridgehead atoms. The first-order valence-electron chi connectivity index (χ1n) is 3.73. The molecule has 14 heavy (non-hydrogen) atoms. The van der Waals surface area contributed by atoms with Crippen LogP contribution in [0.4, 0.5) is 0 Å². The molecular weight excluding hydrogens is 202 g/mol. The average Bonchev–Trinajstić information content (AvgIpc) is 2.67. The van der Waals surface area contributed by atoms with Crippen molar-refractivity contribution in [3.63, 3.8) is 0 Å². The summed E-state index contributed by atoms with van der Waals surface area (Å²) < 4.78 is 0. The Bertz CT molecular complexity index is 366. The number of hydrogen-bond donors (Lipinski definition) is 2. The number of hydrogen-bond acceptors (Lipinski definition) is 4. The zero-order valence-corrected chi connectivity index (χ0v) is 7.93. The molecular formula is C8H7N3O2S. The zero-order chi connectivity index (χ0) is 10.4. The number of nitriles is 1. The first-order valence-corrected chi connectivity index (χ1v) is 4.61. The molecule has 0 saturated carbocycles. The van der Waals surface area contributed by atoms with Crippen LogP contribution >= 0.6 is 11.3 Å². The molecule has 1 aromatic heterocycles. The van der Waals surface area contributed by atoms with E-state index in [9.17, 15) is 9.59 Å². The summed E-state index contributed by atoms with van der Waals surface area (Å²) in [7, 11) is 0. The summed E-state index contributed by atoms with van der Waals surface area (Å²) in [5.41, 5.74) is 0. The average molecular weight is 209 g/mol. The van der Waals surface area contributed by atoms with E-state index in [0.717, 1.165) is 0 Å². The normalized spacial score (nSPS) is 8.79. The van der Waals surface area contributed by atoms with Crippen LogP contribution in [-0.4, -0.2) is 18.4 Å². The molecule has 0 aliphatic carbocycles. The number of nitrogens with one attached hydrogen (secondary N) is 2. The van der Waals surface area contributed by atoms with Crippen LogP contribution < -0.4 is 10.6 Å². The van der Waals surface area contributed by atoms with Crippen molar-refractivity contribution in [2.24, 2.45) is 0 Å². The second-order valence-electron chi connectivity index (χ2n) is 2.32. The highest BCUT2D eigenvalue weighted by Gasteiger charge is 2.07. The van der Waals surface area contributed by atoms with Crippen LogP contribution in [0.25, 0.3) is 0 Å². The van der Waals surface area contributed by atoms with E-state index in [1.165, 1.54) is 17.5 Å². The lowest BCUT2D eigenvalue weighted by molar-refractivity contribution is -0.119. The smallest absolute Gasteiger partial charge is 0.261 e. The molecule has 2 amide bonds. The van der Waals surface area contributed by atoms with Gasteiger partial charge in [0.25, 0.3) is 11.8 Å². The molecule has 0 unspecified atom stereocenters. The molecule has 72 valence electrons. The van der Waals surface area contributed by atoms with E-state index in [1.807, 2.05) is 5.32 Å². The highest BCUT2D eigenvalue weighted by molar-refractivity contribution is 7.12. The van der Waals surface area contributed by atoms with Gasteiger partial charge in [-0.05, 0) is 11.4 Å². The van der Waals surface area contributed by atoms with E-state index in [4.69, 9.17) is 5.26 Å². The van der Waals surface area contributed by atoms with Crippen molar-refractivity contribution in [1.82, 2.24) is 10.6 Å². The predicted molar refractivity (Wildman–Crippen MR) is 50.4 cm³/mol. The van der Waals surface area contributed by atoms with Gasteiger partial charge in [0.15, 0.2) is 6.19 Å². The van der Waals surface area contributed by atoms with Crippen molar-refractivity contribution in [1.29, 1.82) is 5.26 Å². The maximum Gasteiger partial charge on any atom is 0.261 e. The summed E-state index contributed by atoms with van der Waals surface area (Å²) in [6.45, 7) is -0.190. The molecule has 0 atom stereocenters. The fraction of sp³-hybridized carbons (Fsp3) is 0.125. The Balaban J connectivity index is 2.37. The van der Waals surface area contributed by atoms with Crippen molar-refractivity contribution in [2.75, 3.05) is 6.54 Å². The van der Waals surface area contributed by atoms with Crippen LogP contribution in [0.5, 0.6) is 0 Å². The topological polar surface area (TPSA) is 82.0 Å². The summed E-state index contributed by atoms with van der Waals surface area (Å²) in [6.07, 6.45) is 1.48. The zero-order valence-electron chi connectivity index (χ0n) is 7.11. The molecule has 0 spiro atoms. The number of thiophene rings is 1. The Labute approximate surface area is 84.3 Å². The van der Waals surface area contributed by atoms with E-state index in [2.05, 4.69) is 5.32 Å². The lowest BCUT2D eigenvalue weighted by atomic mass is 10.4. The van der Waals surface area contributed by atoms with Crippen LogP contribution in [-0.2, 0) is 4.79 Å². The predicted octanol–water partition coefficient (Wildman–Crippen LogP) is 0.0752. The van der Waals surface area contributed by atoms with Gasteiger partial charge >= 0.3 is 0 Å². The molecule has 6 heteroatoms. The van der Waals surface area contributed by atoms with E-state index < -0.39 is 5.91 Å². The molecule has 1 rings (SSSR count). The fourth-order valence-electron chi connectivity index (χ4n) is 0.762. The summed E-state index contributed by atoms with van der Waals surface area (Å²) in [5, 5.41) is 14.1. The SMILES string of the molecule is N#CNC(=O)CNC(=O)c1cccs1. The molecule has 2 N–H and O–H groups in total. The van der Waals surface area contributed by atoms with Crippen LogP contribution in [0.3, 0.4) is 0 Å². The molecule has 0 fully saturated rings. The second-order valence-corrected chi connectivity index (χ2v) is 3.27. The second kappa shape index (κ2) is 4.99. The van der Waals surface area contributed by atoms with Gasteiger partial charge in [0.05, 0.1) is 11.4 Å². The minimum Gasteiger partial charge on any atom is -0.342 e. The first-order chi connectivity index (χ1) is 6.74. The molecule has 1 heterocycles. The lowest BCUT2D eigenvalue weighted by Gasteiger charge is -2.00. The van der Waals surface area contributed by atoms with Gasteiger partial charge in [-0.3, -0.25) is 14.9 Å². The number of amides is 2. The minimum absolute atomic E-state index is 0.190. The van der Waals surface area contributed by atoms with E-state index in [0.29, 0.717) is 4.88 Å². The van der Waals surface area contributed by atoms with E-state index in [1.54, 1.807) is 17.5 Å². The highest BCUT2D eigenvalue weighted by atomic mass is 32.1. The van der Waals surface area contributed by atoms with Crippen LogP contribution in [0.15, 0.2) is 17.5 Å². The highest BCUT2D eigenvalue weighted by Crippen LogP contribution is 2.07. The molecule has 0 saturated heterocycles. The largest absolute Gasteiger partial charge is 0.342 e. The van der Waals surface area contributed by atoms with Crippen LogP contribution in [0.1, 0.15) is 9.67 Å². The standard InChI is InChI=1S/C8H7N3O2S/c9-5-11-7(12)4-10-8(13)6-2-1-3-14-6/h1-3H,4H2,(H,10,13)(H,11,12). The van der Waals surface area contributed by atoms with Gasteiger partial charge in [0.2, 0.25) is 0 Å². The Morgan fingerprint density at radius 2 is 2.36 bits per heavy atom. The number of carbonyl (C=O) groups excluding carboxylic acids is 2. The third kappa shape index (κ3) is 2.88. The molecule has 5 nitrogen and oxygen atoms in total. The third-order valence-corrected chi connectivity index (χ3v) is 2.22. The van der Waals surface area contributed by atoms with Crippen LogP contribution in [0.2, 0.25) is 0 Å². The van der Waals surface area contributed by atoms with Crippen molar-refractivity contribution >= 4 is 23.2 Å². The van der Waals surface area contributed by atoms with Crippen molar-refractivity contribution in [3.8, 4) is 6.19 Å². The minimum atomic E-state index is -0.530. The Hall–Kier alpha value is -1.87. The van der Waals surface area contributed by atoms with Crippen LogP contribution in [0, 0.1) is 11.5 Å². The molecule has 0 aliphatic rings. The van der Waals surface area contributed by atoms with Gasteiger partial charge in [0, 0.05) is 0 Å². The van der Waals surface area contributed by atoms with Crippen molar-refractivity contribution < 1.29 is 9.59 Å². The van der Waals surface area contributed by atoms with E-state index in [-0.39, 0.29) is 12.5 Å². The van der Waals surface area contributed by atoms with E-state index >= 15 is 0 Å². The molecule has 0 aromatic carbocycles. The van der Waals surface area contributed by atoms with Gasteiger partial charge in [-0.1, -0.05) is 6.07 Å². The molecule has 0 aliphatic heterocycles. The maximum absolute atomic E-state index is 11.3. The summed E-state index contributed by atoms with van der Waals surface area (Å²) in [5.74, 6) is -0.842. The third-order valence-electron chi connectivity index (χ3n) is 1.35. The fourth-order valence-corrected chi connectivity index (χ4v) is 1.40. The maximum atomic E-state index is 11.3. The number of carbonyl (C=O) groups is 2. The van der Waals surface area contributed by atoms with Crippen molar-refractivity contribution in [3.05, 3.63) is 22.4 Å². The molecule has 1 aromatic rings. The summed E-state index contributed by atoms with van der Waals surface area (Å²) in [6, 6.07) is 3.40. The van der Waals surface area contributed by atoms with Crippen molar-refractivity contribution in [2.45, 2.75) is 0 Å².